The summed E-state index contributed by atoms with van der Waals surface area (Å²) in [6, 6.07) is 8.50. The van der Waals surface area contributed by atoms with Crippen LogP contribution in [0.15, 0.2) is 36.5 Å². The maximum absolute atomic E-state index is 14.3. The average molecular weight is 374 g/mol. The highest BCUT2D eigenvalue weighted by Gasteiger charge is 2.61. The third kappa shape index (κ3) is 2.74. The van der Waals surface area contributed by atoms with E-state index in [1.807, 2.05) is 12.1 Å². The third-order valence-corrected chi connectivity index (χ3v) is 5.20. The first-order valence-corrected chi connectivity index (χ1v) is 8.77. The van der Waals surface area contributed by atoms with E-state index in [4.69, 9.17) is 11.6 Å². The van der Waals surface area contributed by atoms with Crippen LogP contribution in [0.5, 0.6) is 0 Å². The highest BCUT2D eigenvalue weighted by Crippen LogP contribution is 2.47. The molecule has 1 aromatic carbocycles. The Bertz CT molecular complexity index is 896. The minimum atomic E-state index is -0.881. The van der Waals surface area contributed by atoms with Crippen LogP contribution in [0.2, 0.25) is 5.02 Å². The molecule has 2 aromatic rings. The van der Waals surface area contributed by atoms with Gasteiger partial charge in [-0.3, -0.25) is 14.5 Å². The Balaban J connectivity index is 1.63. The molecule has 2 fully saturated rings. The van der Waals surface area contributed by atoms with Crippen molar-refractivity contribution in [1.29, 1.82) is 0 Å². The fraction of sp³-hybridized carbons (Fsp3) is 0.316. The van der Waals surface area contributed by atoms with Crippen molar-refractivity contribution in [2.75, 3.05) is 11.4 Å². The maximum atomic E-state index is 14.3. The minimum absolute atomic E-state index is 0.0774. The molecule has 1 saturated carbocycles. The smallest absolute Gasteiger partial charge is 0.254 e. The number of halogens is 2. The zero-order valence-electron chi connectivity index (χ0n) is 14.2. The number of pyridine rings is 1. The second-order valence-corrected chi connectivity index (χ2v) is 7.28. The van der Waals surface area contributed by atoms with Gasteiger partial charge in [-0.2, -0.15) is 0 Å². The Kier molecular flexibility index (Phi) is 3.95. The van der Waals surface area contributed by atoms with Gasteiger partial charge in [0.25, 0.3) is 5.91 Å². The van der Waals surface area contributed by atoms with Gasteiger partial charge in [-0.25, -0.2) is 9.37 Å². The summed E-state index contributed by atoms with van der Waals surface area (Å²) in [4.78, 5) is 32.7. The monoisotopic (exact) mass is 373 g/mol. The van der Waals surface area contributed by atoms with E-state index in [2.05, 4.69) is 4.98 Å². The summed E-state index contributed by atoms with van der Waals surface area (Å²) in [6.07, 6.45) is 2.65. The summed E-state index contributed by atoms with van der Waals surface area (Å²) in [5.74, 6) is -1.14. The number of aryl methyl sites for hydroxylation is 1. The van der Waals surface area contributed by atoms with Gasteiger partial charge in [-0.1, -0.05) is 23.7 Å². The Morgan fingerprint density at radius 2 is 1.92 bits per heavy atom. The third-order valence-electron chi connectivity index (χ3n) is 4.95. The molecule has 0 atom stereocenters. The zero-order valence-corrected chi connectivity index (χ0v) is 15.0. The molecule has 2 amide bonds. The van der Waals surface area contributed by atoms with Gasteiger partial charge >= 0.3 is 0 Å². The molecule has 4 rings (SSSR count). The molecule has 7 heteroatoms. The molecule has 2 aliphatic rings. The van der Waals surface area contributed by atoms with Gasteiger partial charge in [0.1, 0.15) is 12.1 Å². The van der Waals surface area contributed by atoms with E-state index < -0.39 is 11.4 Å². The standard InChI is InChI=1S/C19H17ClFN3O2/c1-12-8-15(21)17(22-9-12)23-11-16(25)24(19(6-7-19)18(23)26)10-13-2-4-14(20)5-3-13/h2-5,8-9H,6-7,10-11H2,1H3. The average Bonchev–Trinajstić information content (AvgIpc) is 3.39. The number of carbonyl (C=O) groups excluding carboxylic acids is 2. The normalized spacial score (nSPS) is 18.6. The topological polar surface area (TPSA) is 53.5 Å². The second kappa shape index (κ2) is 6.06. The summed E-state index contributed by atoms with van der Waals surface area (Å²) in [5, 5.41) is 0.614. The van der Waals surface area contributed by atoms with E-state index in [9.17, 15) is 14.0 Å². The fourth-order valence-electron chi connectivity index (χ4n) is 3.41. The molecule has 1 saturated heterocycles. The molecule has 1 aliphatic heterocycles. The van der Waals surface area contributed by atoms with Crippen LogP contribution in [0, 0.1) is 12.7 Å². The summed E-state index contributed by atoms with van der Waals surface area (Å²) >= 11 is 5.90. The molecule has 0 radical (unpaired) electrons. The number of anilines is 1. The first-order valence-electron chi connectivity index (χ1n) is 8.40. The zero-order chi connectivity index (χ0) is 18.5. The van der Waals surface area contributed by atoms with Gasteiger partial charge < -0.3 is 4.90 Å². The number of hydrogen-bond donors (Lipinski definition) is 0. The van der Waals surface area contributed by atoms with Crippen LogP contribution < -0.4 is 4.90 Å². The molecular formula is C19H17ClFN3O2. The summed E-state index contributed by atoms with van der Waals surface area (Å²) in [5.41, 5.74) is 0.677. The molecule has 1 aliphatic carbocycles. The molecular weight excluding hydrogens is 357 g/mol. The Morgan fingerprint density at radius 1 is 1.23 bits per heavy atom. The van der Waals surface area contributed by atoms with Gasteiger partial charge in [0.15, 0.2) is 11.6 Å². The molecule has 1 spiro atoms. The summed E-state index contributed by atoms with van der Waals surface area (Å²) in [6.45, 7) is 1.85. The first-order chi connectivity index (χ1) is 12.4. The van der Waals surface area contributed by atoms with E-state index in [1.165, 1.54) is 17.2 Å². The molecule has 5 nitrogen and oxygen atoms in total. The lowest BCUT2D eigenvalue weighted by Crippen LogP contribution is -2.61. The number of amides is 2. The number of carbonyl (C=O) groups is 2. The van der Waals surface area contributed by atoms with Crippen LogP contribution in [0.4, 0.5) is 10.2 Å². The molecule has 1 aromatic heterocycles. The summed E-state index contributed by atoms with van der Waals surface area (Å²) < 4.78 is 14.3. The summed E-state index contributed by atoms with van der Waals surface area (Å²) in [7, 11) is 0. The molecule has 0 unspecified atom stereocenters. The first kappa shape index (κ1) is 17.0. The van der Waals surface area contributed by atoms with Gasteiger partial charge in [-0.05, 0) is 49.1 Å². The van der Waals surface area contributed by atoms with Crippen molar-refractivity contribution in [2.24, 2.45) is 0 Å². The number of hydrogen-bond acceptors (Lipinski definition) is 3. The Hall–Kier alpha value is -2.47. The second-order valence-electron chi connectivity index (χ2n) is 6.85. The van der Waals surface area contributed by atoms with Crippen LogP contribution in [0.25, 0.3) is 0 Å². The predicted molar refractivity (Wildman–Crippen MR) is 95.3 cm³/mol. The molecule has 2 heterocycles. The van der Waals surface area contributed by atoms with Crippen molar-refractivity contribution >= 4 is 29.2 Å². The lowest BCUT2D eigenvalue weighted by atomic mass is 10.1. The van der Waals surface area contributed by atoms with E-state index in [1.54, 1.807) is 24.0 Å². The highest BCUT2D eigenvalue weighted by molar-refractivity contribution is 6.30. The fourth-order valence-corrected chi connectivity index (χ4v) is 3.53. The predicted octanol–water partition coefficient (Wildman–Crippen LogP) is 3.09. The minimum Gasteiger partial charge on any atom is -0.322 e. The Morgan fingerprint density at radius 3 is 2.54 bits per heavy atom. The van der Waals surface area contributed by atoms with Crippen molar-refractivity contribution in [3.63, 3.8) is 0 Å². The van der Waals surface area contributed by atoms with Gasteiger partial charge in [0.05, 0.1) is 0 Å². The highest BCUT2D eigenvalue weighted by atomic mass is 35.5. The molecule has 26 heavy (non-hydrogen) atoms. The van der Waals surface area contributed by atoms with Crippen LogP contribution in [0.3, 0.4) is 0 Å². The molecule has 0 bridgehead atoms. The Labute approximate surface area is 155 Å². The number of nitrogens with zero attached hydrogens (tertiary/aromatic N) is 3. The molecule has 134 valence electrons. The van der Waals surface area contributed by atoms with Crippen molar-refractivity contribution < 1.29 is 14.0 Å². The van der Waals surface area contributed by atoms with E-state index in [-0.39, 0.29) is 24.2 Å². The van der Waals surface area contributed by atoms with Crippen LogP contribution >= 0.6 is 11.6 Å². The quantitative estimate of drug-likeness (QED) is 0.830. The van der Waals surface area contributed by atoms with E-state index in [0.29, 0.717) is 30.0 Å². The number of rotatable bonds is 3. The van der Waals surface area contributed by atoms with Gasteiger partial charge in [0.2, 0.25) is 5.91 Å². The lowest BCUT2D eigenvalue weighted by molar-refractivity contribution is -0.145. The van der Waals surface area contributed by atoms with Crippen molar-refractivity contribution in [3.05, 3.63) is 58.5 Å². The van der Waals surface area contributed by atoms with Crippen molar-refractivity contribution in [1.82, 2.24) is 9.88 Å². The van der Waals surface area contributed by atoms with Gasteiger partial charge in [0, 0.05) is 17.8 Å². The van der Waals surface area contributed by atoms with Crippen LogP contribution in [-0.4, -0.2) is 33.8 Å². The largest absolute Gasteiger partial charge is 0.322 e. The number of aromatic nitrogens is 1. The van der Waals surface area contributed by atoms with Crippen molar-refractivity contribution in [2.45, 2.75) is 31.8 Å². The molecule has 0 N–H and O–H groups in total. The van der Waals surface area contributed by atoms with Crippen LogP contribution in [0.1, 0.15) is 24.0 Å². The van der Waals surface area contributed by atoms with Gasteiger partial charge in [-0.15, -0.1) is 0 Å². The lowest BCUT2D eigenvalue weighted by Gasteiger charge is -2.40. The maximum Gasteiger partial charge on any atom is 0.254 e. The van der Waals surface area contributed by atoms with E-state index >= 15 is 0 Å². The SMILES string of the molecule is Cc1cnc(N2CC(=O)N(Cc3ccc(Cl)cc3)C3(CC3)C2=O)c(F)c1. The van der Waals surface area contributed by atoms with Crippen molar-refractivity contribution in [3.8, 4) is 0 Å². The number of piperazine rings is 1. The number of benzene rings is 1. The van der Waals surface area contributed by atoms with Crippen LogP contribution in [-0.2, 0) is 16.1 Å². The van der Waals surface area contributed by atoms with E-state index in [0.717, 1.165) is 5.56 Å².